The summed E-state index contributed by atoms with van der Waals surface area (Å²) in [7, 11) is 1.38. The Morgan fingerprint density at radius 3 is 2.60 bits per heavy atom. The second-order valence-corrected chi connectivity index (χ2v) is 5.15. The number of methoxy groups -OCH3 is 1. The Balaban J connectivity index is 1.84. The van der Waals surface area contributed by atoms with Crippen LogP contribution >= 0.6 is 0 Å². The molecule has 2 rings (SSSR count). The predicted molar refractivity (Wildman–Crippen MR) is 91.8 cm³/mol. The van der Waals surface area contributed by atoms with Crippen LogP contribution < -0.4 is 14.8 Å². The maximum Gasteiger partial charge on any atom is 0.387 e. The van der Waals surface area contributed by atoms with Gasteiger partial charge >= 0.3 is 6.61 Å². The fraction of sp³-hybridized carbons (Fsp3) is 0.211. The van der Waals surface area contributed by atoms with E-state index < -0.39 is 6.61 Å². The number of hydrogen-bond acceptors (Lipinski definition) is 3. The predicted octanol–water partition coefficient (Wildman–Crippen LogP) is 3.67. The van der Waals surface area contributed by atoms with Gasteiger partial charge in [-0.15, -0.1) is 0 Å². The summed E-state index contributed by atoms with van der Waals surface area (Å²) in [6.07, 6.45) is 3.74. The molecule has 1 N–H and O–H groups in total. The van der Waals surface area contributed by atoms with Crippen molar-refractivity contribution in [1.82, 2.24) is 5.32 Å². The summed E-state index contributed by atoms with van der Waals surface area (Å²) in [5, 5.41) is 2.77. The van der Waals surface area contributed by atoms with Gasteiger partial charge in [0.05, 0.1) is 7.11 Å². The van der Waals surface area contributed by atoms with Crippen molar-refractivity contribution in [2.24, 2.45) is 0 Å². The molecule has 0 bridgehead atoms. The van der Waals surface area contributed by atoms with Gasteiger partial charge in [-0.25, -0.2) is 0 Å². The first kappa shape index (κ1) is 18.4. The Morgan fingerprint density at radius 2 is 1.92 bits per heavy atom. The van der Waals surface area contributed by atoms with Crippen molar-refractivity contribution in [3.05, 3.63) is 65.7 Å². The van der Waals surface area contributed by atoms with Crippen LogP contribution in [0.3, 0.4) is 0 Å². The minimum absolute atomic E-state index is 0.0175. The number of carbonyl (C=O) groups excluding carboxylic acids is 1. The van der Waals surface area contributed by atoms with Gasteiger partial charge in [0.25, 0.3) is 0 Å². The number of alkyl halides is 2. The Bertz CT molecular complexity index is 718. The lowest BCUT2D eigenvalue weighted by molar-refractivity contribution is -0.116. The standard InChI is InChI=1S/C19H19F2NO3/c1-24-17-13-15(7-9-16(17)25-19(20)21)11-12-22-18(23)10-8-14-5-3-2-4-6-14/h2-10,13,19H,11-12H2,1H3,(H,22,23)/b10-8+. The molecule has 0 spiro atoms. The second kappa shape index (κ2) is 9.42. The average molecular weight is 347 g/mol. The molecular formula is C19H19F2NO3. The summed E-state index contributed by atoms with van der Waals surface area (Å²) in [5.41, 5.74) is 1.78. The van der Waals surface area contributed by atoms with E-state index in [9.17, 15) is 13.6 Å². The highest BCUT2D eigenvalue weighted by atomic mass is 19.3. The highest BCUT2D eigenvalue weighted by Crippen LogP contribution is 2.29. The molecule has 25 heavy (non-hydrogen) atoms. The first-order valence-electron chi connectivity index (χ1n) is 7.71. The average Bonchev–Trinajstić information content (AvgIpc) is 2.61. The maximum absolute atomic E-state index is 12.3. The molecule has 0 atom stereocenters. The zero-order chi connectivity index (χ0) is 18.1. The quantitative estimate of drug-likeness (QED) is 0.741. The lowest BCUT2D eigenvalue weighted by Gasteiger charge is -2.11. The third-order valence-electron chi connectivity index (χ3n) is 3.38. The first-order chi connectivity index (χ1) is 12.1. The van der Waals surface area contributed by atoms with Crippen LogP contribution in [0.25, 0.3) is 6.08 Å². The van der Waals surface area contributed by atoms with Crippen LogP contribution in [0, 0.1) is 0 Å². The zero-order valence-corrected chi connectivity index (χ0v) is 13.7. The van der Waals surface area contributed by atoms with Crippen molar-refractivity contribution < 1.29 is 23.0 Å². The fourth-order valence-corrected chi connectivity index (χ4v) is 2.19. The molecule has 6 heteroatoms. The lowest BCUT2D eigenvalue weighted by atomic mass is 10.1. The van der Waals surface area contributed by atoms with E-state index in [1.54, 1.807) is 18.2 Å². The smallest absolute Gasteiger partial charge is 0.387 e. The maximum atomic E-state index is 12.3. The van der Waals surface area contributed by atoms with Gasteiger partial charge in [0, 0.05) is 12.6 Å². The van der Waals surface area contributed by atoms with Crippen LogP contribution in [0.2, 0.25) is 0 Å². The van der Waals surface area contributed by atoms with Gasteiger partial charge in [0.1, 0.15) is 0 Å². The normalized spacial score (nSPS) is 10.9. The SMILES string of the molecule is COc1cc(CCNC(=O)/C=C/c2ccccc2)ccc1OC(F)F. The van der Waals surface area contributed by atoms with Gasteiger partial charge in [-0.05, 0) is 35.8 Å². The third kappa shape index (κ3) is 6.25. The Hall–Kier alpha value is -2.89. The van der Waals surface area contributed by atoms with Crippen LogP contribution in [0.1, 0.15) is 11.1 Å². The summed E-state index contributed by atoms with van der Waals surface area (Å²) in [6.45, 7) is -2.49. The number of amides is 1. The van der Waals surface area contributed by atoms with E-state index in [4.69, 9.17) is 4.74 Å². The molecule has 0 aliphatic heterocycles. The third-order valence-corrected chi connectivity index (χ3v) is 3.38. The molecule has 0 fully saturated rings. The molecule has 0 saturated carbocycles. The van der Waals surface area contributed by atoms with Gasteiger partial charge in [0.15, 0.2) is 11.5 Å². The number of benzene rings is 2. The van der Waals surface area contributed by atoms with Gasteiger partial charge in [-0.1, -0.05) is 36.4 Å². The van der Waals surface area contributed by atoms with E-state index in [0.717, 1.165) is 11.1 Å². The van der Waals surface area contributed by atoms with Gasteiger partial charge < -0.3 is 14.8 Å². The van der Waals surface area contributed by atoms with Gasteiger partial charge in [-0.2, -0.15) is 8.78 Å². The van der Waals surface area contributed by atoms with E-state index >= 15 is 0 Å². The number of halogens is 2. The van der Waals surface area contributed by atoms with E-state index in [-0.39, 0.29) is 17.4 Å². The molecule has 0 aliphatic rings. The van der Waals surface area contributed by atoms with Crippen molar-refractivity contribution in [2.75, 3.05) is 13.7 Å². The molecule has 132 valence electrons. The summed E-state index contributed by atoms with van der Waals surface area (Å²) >= 11 is 0. The Labute approximate surface area is 145 Å². The van der Waals surface area contributed by atoms with Crippen LogP contribution in [0.4, 0.5) is 8.78 Å². The summed E-state index contributed by atoms with van der Waals surface area (Å²) in [6, 6.07) is 14.2. The minimum atomic E-state index is -2.91. The van der Waals surface area contributed by atoms with Crippen LogP contribution in [-0.2, 0) is 11.2 Å². The van der Waals surface area contributed by atoms with Crippen molar-refractivity contribution in [1.29, 1.82) is 0 Å². The van der Waals surface area contributed by atoms with Gasteiger partial charge in [-0.3, -0.25) is 4.79 Å². The van der Waals surface area contributed by atoms with Crippen LogP contribution in [0.5, 0.6) is 11.5 Å². The largest absolute Gasteiger partial charge is 0.493 e. The molecule has 0 heterocycles. The molecule has 1 amide bonds. The number of carbonyl (C=O) groups is 1. The van der Waals surface area contributed by atoms with Crippen LogP contribution in [0.15, 0.2) is 54.6 Å². The number of rotatable bonds is 8. The highest BCUT2D eigenvalue weighted by molar-refractivity contribution is 5.91. The zero-order valence-electron chi connectivity index (χ0n) is 13.7. The van der Waals surface area contributed by atoms with E-state index in [2.05, 4.69) is 10.1 Å². The summed E-state index contributed by atoms with van der Waals surface area (Å²) in [5.74, 6) is 0.0117. The first-order valence-corrected chi connectivity index (χ1v) is 7.71. The molecule has 2 aromatic rings. The molecule has 0 aromatic heterocycles. The fourth-order valence-electron chi connectivity index (χ4n) is 2.19. The number of nitrogens with one attached hydrogen (secondary N) is 1. The monoisotopic (exact) mass is 347 g/mol. The molecule has 0 unspecified atom stereocenters. The Morgan fingerprint density at radius 1 is 1.16 bits per heavy atom. The van der Waals surface area contributed by atoms with Crippen molar-refractivity contribution in [2.45, 2.75) is 13.0 Å². The number of hydrogen-bond donors (Lipinski definition) is 1. The Kier molecular flexibility index (Phi) is 6.95. The minimum Gasteiger partial charge on any atom is -0.493 e. The van der Waals surface area contributed by atoms with E-state index in [0.29, 0.717) is 13.0 Å². The van der Waals surface area contributed by atoms with Crippen molar-refractivity contribution in [3.8, 4) is 11.5 Å². The van der Waals surface area contributed by atoms with E-state index in [1.165, 1.54) is 19.3 Å². The molecule has 0 radical (unpaired) electrons. The summed E-state index contributed by atoms with van der Waals surface area (Å²) < 4.78 is 34.0. The number of ether oxygens (including phenoxy) is 2. The topological polar surface area (TPSA) is 47.6 Å². The van der Waals surface area contributed by atoms with Gasteiger partial charge in [0.2, 0.25) is 5.91 Å². The molecule has 2 aromatic carbocycles. The molecule has 0 saturated heterocycles. The molecular weight excluding hydrogens is 328 g/mol. The molecule has 4 nitrogen and oxygen atoms in total. The van der Waals surface area contributed by atoms with E-state index in [1.807, 2.05) is 30.3 Å². The molecule has 0 aliphatic carbocycles. The van der Waals surface area contributed by atoms with Crippen LogP contribution in [-0.4, -0.2) is 26.2 Å². The van der Waals surface area contributed by atoms with Crippen molar-refractivity contribution >= 4 is 12.0 Å². The lowest BCUT2D eigenvalue weighted by Crippen LogP contribution is -2.23. The second-order valence-electron chi connectivity index (χ2n) is 5.15. The highest BCUT2D eigenvalue weighted by Gasteiger charge is 2.11. The summed E-state index contributed by atoms with van der Waals surface area (Å²) in [4.78, 5) is 11.8. The van der Waals surface area contributed by atoms with Crippen molar-refractivity contribution in [3.63, 3.8) is 0 Å².